The highest BCUT2D eigenvalue weighted by atomic mass is 35.5. The van der Waals surface area contributed by atoms with Crippen molar-refractivity contribution in [3.05, 3.63) is 235 Å². The van der Waals surface area contributed by atoms with E-state index in [1.165, 1.54) is 78.4 Å². The number of nitrogens with one attached hydrogen (secondary N) is 4. The van der Waals surface area contributed by atoms with E-state index >= 15 is 0 Å². The molecule has 0 spiro atoms. The van der Waals surface area contributed by atoms with Gasteiger partial charge >= 0.3 is 29.2 Å². The number of carbonyl (C=O) groups is 4. The summed E-state index contributed by atoms with van der Waals surface area (Å²) in [6, 6.07) is 35.2. The summed E-state index contributed by atoms with van der Waals surface area (Å²) in [6.45, 7) is 1.97. The molecule has 11 aromatic rings. The lowest BCUT2D eigenvalue weighted by Crippen LogP contribution is -2.22. The number of nitrogens with zero attached hydrogens (tertiary/aromatic N) is 10. The van der Waals surface area contributed by atoms with E-state index in [1.807, 2.05) is 19.1 Å². The summed E-state index contributed by atoms with van der Waals surface area (Å²) in [4.78, 5) is 86.6. The van der Waals surface area contributed by atoms with Crippen molar-refractivity contribution in [3.8, 4) is 5.75 Å². The molecule has 39 heteroatoms. The van der Waals surface area contributed by atoms with Crippen molar-refractivity contribution >= 4 is 137 Å². The average Bonchev–Trinajstić information content (AvgIpc) is 1.62. The first-order valence-electron chi connectivity index (χ1n) is 25.1. The van der Waals surface area contributed by atoms with E-state index in [0.717, 1.165) is 36.2 Å². The van der Waals surface area contributed by atoms with Gasteiger partial charge in [-0.1, -0.05) is 66.0 Å². The topological polar surface area (TPSA) is 490 Å². The summed E-state index contributed by atoms with van der Waals surface area (Å²) in [5.41, 5.74) is 3.75. The number of pyridine rings is 1. The number of tetrazole rings is 1. The van der Waals surface area contributed by atoms with E-state index < -0.39 is 76.6 Å². The minimum absolute atomic E-state index is 0.0855. The molecule has 0 fully saturated rings. The molecule has 7 aromatic heterocycles. The van der Waals surface area contributed by atoms with Gasteiger partial charge in [0.25, 0.3) is 23.6 Å². The fourth-order valence-corrected chi connectivity index (χ4v) is 8.23. The molecule has 11 rings (SSSR count). The Kier molecular flexibility index (Phi) is 22.1. The first-order chi connectivity index (χ1) is 43.7. The van der Waals surface area contributed by atoms with Crippen molar-refractivity contribution in [2.45, 2.75) is 18.2 Å². The van der Waals surface area contributed by atoms with Crippen LogP contribution < -0.4 is 36.0 Å². The van der Waals surface area contributed by atoms with Crippen LogP contribution in [-0.4, -0.2) is 85.7 Å². The smallest absolute Gasteiger partial charge is 0.433 e. The van der Waals surface area contributed by atoms with Gasteiger partial charge in [0.1, 0.15) is 19.7 Å². The highest BCUT2D eigenvalue weighted by Gasteiger charge is 2.23. The Morgan fingerprint density at radius 2 is 1.08 bits per heavy atom. The standard InChI is InChI=1S/C13H12N2O4.C12H11N3O5S.C11H6Cl2N2O4.C11H7ClN2O4.C6H4N6O3/c1-2-9-5-3-4-6-10(9)14-13(16)11-7-8-12(19-11)15(17)18;1-21(13,19)9-4-2-8(3-5-9)14-12(16)10-6-7-11(20-10)15(17)18;12-7-2-1-6(5-8(7)13)14-11(16)9-3-4-10(19-9)15(17)18;12-7-2-1-3-8(6-7)13-11(15)9-4-5-10(18-9)14(16)17;1-14-4-2-3-5(8-15-12(3)13)11-6(4)7-9-10-11/h3-8H,2H2,1H3,(H,14,16);2-7H,1H2,(H2,13,19)(H,14,16);1-5H,(H,14,16);1-6H,(H,13,15);2H,1H3. The quantitative estimate of drug-likeness (QED) is 0.0275. The number of nitrogens with two attached hydrogens (primary N) is 1. The second-order valence-electron chi connectivity index (χ2n) is 17.6. The monoisotopic (exact) mass is 1340 g/mol. The molecule has 4 aromatic carbocycles. The van der Waals surface area contributed by atoms with Crippen LogP contribution in [0.4, 0.5) is 46.3 Å². The Labute approximate surface area is 527 Å². The number of para-hydroxylation sites is 1. The summed E-state index contributed by atoms with van der Waals surface area (Å²) in [5.74, 6) is -1.16. The van der Waals surface area contributed by atoms with Crippen LogP contribution in [0.15, 0.2) is 173 Å². The molecular weight excluding hydrogens is 1310 g/mol. The summed E-state index contributed by atoms with van der Waals surface area (Å²) in [6.07, 6.45) is 0.773. The zero-order valence-electron chi connectivity index (χ0n) is 46.5. The molecule has 0 saturated heterocycles. The SMILES string of the molecule is C=S(N)(=O)c1ccc(NC(=O)c2ccc([N+](=O)[O-])o2)cc1.CCc1ccccc1NC(=O)c1ccc([N+](=O)[O-])o1.COc1cc2c(no[n+]2[O-])n2nnnc12.O=C(Nc1ccc(Cl)c(Cl)c1)c1ccc([N+](=O)[O-])o1.O=C(Nc1cccc(Cl)c1)c1ccc([N+](=O)[O-])o1. The number of aryl methyl sites for hydroxylation is 1. The molecule has 0 aliphatic rings. The Morgan fingerprint density at radius 3 is 1.52 bits per heavy atom. The predicted molar refractivity (Wildman–Crippen MR) is 325 cm³/mol. The number of halogens is 3. The number of fused-ring (bicyclic) bond motifs is 3. The minimum atomic E-state index is -2.81. The Balaban J connectivity index is 0.000000164. The van der Waals surface area contributed by atoms with E-state index in [9.17, 15) is 69.1 Å². The first-order valence-corrected chi connectivity index (χ1v) is 28.1. The third kappa shape index (κ3) is 17.8. The van der Waals surface area contributed by atoms with E-state index in [0.29, 0.717) is 49.1 Å². The molecule has 0 bridgehead atoms. The van der Waals surface area contributed by atoms with Crippen LogP contribution in [0, 0.1) is 45.7 Å². The van der Waals surface area contributed by atoms with E-state index in [4.69, 9.17) is 62.3 Å². The number of carbonyl (C=O) groups excluding carboxylic acids is 4. The maximum atomic E-state index is 11.9. The maximum Gasteiger partial charge on any atom is 0.433 e. The summed E-state index contributed by atoms with van der Waals surface area (Å²) < 4.78 is 41.4. The van der Waals surface area contributed by atoms with Gasteiger partial charge in [-0.25, -0.2) is 4.21 Å². The van der Waals surface area contributed by atoms with Crippen LogP contribution in [0.5, 0.6) is 5.75 Å². The van der Waals surface area contributed by atoms with Gasteiger partial charge in [0.15, 0.2) is 28.8 Å². The molecule has 6 N–H and O–H groups in total. The second-order valence-corrected chi connectivity index (χ2v) is 20.7. The lowest BCUT2D eigenvalue weighted by molar-refractivity contribution is -0.782. The van der Waals surface area contributed by atoms with Crippen molar-refractivity contribution in [3.63, 3.8) is 0 Å². The zero-order valence-corrected chi connectivity index (χ0v) is 49.6. The number of furan rings is 4. The lowest BCUT2D eigenvalue weighted by atomic mass is 10.1. The minimum Gasteiger partial charge on any atom is -0.493 e. The molecule has 1 unspecified atom stereocenters. The van der Waals surface area contributed by atoms with Gasteiger partial charge in [0.2, 0.25) is 11.2 Å². The molecule has 7 heterocycles. The van der Waals surface area contributed by atoms with E-state index in [-0.39, 0.29) is 44.1 Å². The lowest BCUT2D eigenvalue weighted by Gasteiger charge is -2.07. The number of rotatable bonds is 15. The van der Waals surface area contributed by atoms with Crippen molar-refractivity contribution in [1.29, 1.82) is 0 Å². The highest BCUT2D eigenvalue weighted by molar-refractivity contribution is 7.98. The van der Waals surface area contributed by atoms with Crippen LogP contribution in [0.25, 0.3) is 16.8 Å². The molecule has 0 saturated carbocycles. The van der Waals surface area contributed by atoms with Crippen LogP contribution >= 0.6 is 34.8 Å². The van der Waals surface area contributed by atoms with Gasteiger partial charge in [0.05, 0.1) is 56.3 Å². The van der Waals surface area contributed by atoms with E-state index in [1.54, 1.807) is 42.5 Å². The fourth-order valence-electron chi connectivity index (χ4n) is 7.15. The molecule has 0 aliphatic carbocycles. The molecule has 1 atom stereocenters. The van der Waals surface area contributed by atoms with Gasteiger partial charge in [-0.05, 0) is 124 Å². The van der Waals surface area contributed by atoms with Crippen molar-refractivity contribution in [2.75, 3.05) is 28.4 Å². The van der Waals surface area contributed by atoms with Gasteiger partial charge in [0, 0.05) is 38.7 Å². The highest BCUT2D eigenvalue weighted by Crippen LogP contribution is 2.27. The molecule has 0 aliphatic heterocycles. The third-order valence-electron chi connectivity index (χ3n) is 11.4. The summed E-state index contributed by atoms with van der Waals surface area (Å²) in [7, 11) is -1.36. The molecule has 4 amide bonds. The largest absolute Gasteiger partial charge is 0.493 e. The first kappa shape index (κ1) is 67.4. The van der Waals surface area contributed by atoms with Crippen LogP contribution in [0.2, 0.25) is 15.1 Å². The predicted octanol–water partition coefficient (Wildman–Crippen LogP) is 10.1. The Morgan fingerprint density at radius 1 is 0.609 bits per heavy atom. The number of hydrogen-bond acceptors (Lipinski definition) is 24. The number of nitro groups is 4. The van der Waals surface area contributed by atoms with Crippen molar-refractivity contribution < 1.29 is 75.0 Å². The Hall–Kier alpha value is -12.1. The summed E-state index contributed by atoms with van der Waals surface area (Å²) in [5, 5.41) is 84.0. The molecular formula is C53H40Cl3N15O20S. The van der Waals surface area contributed by atoms with Gasteiger partial charge < -0.3 is 48.9 Å². The fraction of sp³-hybridized carbons (Fsp3) is 0.0566. The Bertz CT molecular complexity index is 4680. The van der Waals surface area contributed by atoms with Gasteiger partial charge in [-0.15, -0.1) is 9.61 Å². The molecule has 35 nitrogen and oxygen atoms in total. The molecule has 92 heavy (non-hydrogen) atoms. The van der Waals surface area contributed by atoms with Crippen molar-refractivity contribution in [2.24, 2.45) is 5.14 Å². The number of amides is 4. The van der Waals surface area contributed by atoms with Crippen LogP contribution in [0.1, 0.15) is 54.7 Å². The van der Waals surface area contributed by atoms with Gasteiger partial charge in [-0.3, -0.25) is 69.4 Å². The number of hydrogen-bond donors (Lipinski definition) is 5. The average molecular weight is 1350 g/mol. The number of ether oxygens (including phenoxy) is 1. The molecule has 474 valence electrons. The van der Waals surface area contributed by atoms with Crippen molar-refractivity contribution in [1.82, 2.24) is 25.2 Å². The summed E-state index contributed by atoms with van der Waals surface area (Å²) >= 11 is 17.3. The third-order valence-corrected chi connectivity index (χ3v) is 13.4. The number of methoxy groups -OCH3 is 1. The van der Waals surface area contributed by atoms with E-state index in [2.05, 4.69) is 52.4 Å². The number of benzene rings is 4. The van der Waals surface area contributed by atoms with Crippen LogP contribution in [0.3, 0.4) is 0 Å². The molecule has 0 radical (unpaired) electrons. The normalized spacial score (nSPS) is 11.1. The second kappa shape index (κ2) is 30.2. The zero-order chi connectivity index (χ0) is 67.0. The number of aromatic nitrogens is 6. The number of anilines is 4. The maximum absolute atomic E-state index is 11.9. The van der Waals surface area contributed by atoms with Gasteiger partial charge in [-0.2, -0.15) is 0 Å². The van der Waals surface area contributed by atoms with Crippen LogP contribution in [-0.2, 0) is 16.1 Å².